The van der Waals surface area contributed by atoms with Crippen molar-refractivity contribution in [3.63, 3.8) is 0 Å². The second kappa shape index (κ2) is 9.48. The average Bonchev–Trinajstić information content (AvgIpc) is 2.34. The first-order valence-corrected chi connectivity index (χ1v) is 5.99. The Hall–Kier alpha value is -1.44. The van der Waals surface area contributed by atoms with Crippen molar-refractivity contribution < 1.29 is 28.2 Å². The summed E-state index contributed by atoms with van der Waals surface area (Å²) in [5, 5.41) is 11.2. The Morgan fingerprint density at radius 2 is 2.05 bits per heavy atom. The van der Waals surface area contributed by atoms with Crippen molar-refractivity contribution in [2.75, 3.05) is 32.8 Å². The van der Waals surface area contributed by atoms with Gasteiger partial charge in [-0.15, -0.1) is 0 Å². The van der Waals surface area contributed by atoms with Gasteiger partial charge in [0.05, 0.1) is 12.5 Å². The van der Waals surface area contributed by atoms with Crippen molar-refractivity contribution in [3.05, 3.63) is 0 Å². The van der Waals surface area contributed by atoms with E-state index in [2.05, 4.69) is 10.1 Å². The van der Waals surface area contributed by atoms with Crippen molar-refractivity contribution in [3.8, 4) is 0 Å². The summed E-state index contributed by atoms with van der Waals surface area (Å²) in [4.78, 5) is 23.7. The van der Waals surface area contributed by atoms with E-state index >= 15 is 0 Å². The molecule has 0 rings (SSSR count). The second-order valence-electron chi connectivity index (χ2n) is 3.98. The van der Waals surface area contributed by atoms with E-state index in [1.54, 1.807) is 6.92 Å². The Morgan fingerprint density at radius 1 is 1.42 bits per heavy atom. The van der Waals surface area contributed by atoms with Crippen LogP contribution in [0.3, 0.4) is 0 Å². The highest BCUT2D eigenvalue weighted by Crippen LogP contribution is 2.00. The van der Waals surface area contributed by atoms with E-state index in [1.165, 1.54) is 11.8 Å². The predicted octanol–water partition coefficient (Wildman–Crippen LogP) is 1.02. The van der Waals surface area contributed by atoms with Gasteiger partial charge in [-0.05, 0) is 6.92 Å². The van der Waals surface area contributed by atoms with E-state index < -0.39 is 31.0 Å². The first kappa shape index (κ1) is 17.6. The van der Waals surface area contributed by atoms with Crippen LogP contribution in [0.4, 0.5) is 13.6 Å². The Kier molecular flexibility index (Phi) is 8.77. The van der Waals surface area contributed by atoms with Gasteiger partial charge in [-0.2, -0.15) is 0 Å². The van der Waals surface area contributed by atoms with Gasteiger partial charge in [-0.1, -0.05) is 6.92 Å². The molecular formula is C11H20F2N2O4. The summed E-state index contributed by atoms with van der Waals surface area (Å²) in [6.07, 6.45) is -2.53. The van der Waals surface area contributed by atoms with Crippen LogP contribution in [0.5, 0.6) is 0 Å². The van der Waals surface area contributed by atoms with Crippen LogP contribution in [-0.4, -0.2) is 61.3 Å². The standard InChI is InChI=1S/C11H20F2N2O4/c1-3-15(6-8(2)10(16)17)11(18)14-4-5-19-7-9(12)13/h8-9H,3-7H2,1-2H3,(H,14,18)(H,16,17). The number of halogens is 2. The van der Waals surface area contributed by atoms with Crippen LogP contribution in [0.2, 0.25) is 0 Å². The molecule has 1 unspecified atom stereocenters. The van der Waals surface area contributed by atoms with Crippen molar-refractivity contribution in [1.29, 1.82) is 0 Å². The van der Waals surface area contributed by atoms with E-state index in [4.69, 9.17) is 5.11 Å². The molecule has 0 heterocycles. The maximum Gasteiger partial charge on any atom is 0.317 e. The topological polar surface area (TPSA) is 78.9 Å². The van der Waals surface area contributed by atoms with Gasteiger partial charge in [0.1, 0.15) is 6.61 Å². The molecule has 19 heavy (non-hydrogen) atoms. The molecule has 0 saturated carbocycles. The minimum atomic E-state index is -2.53. The van der Waals surface area contributed by atoms with E-state index in [0.717, 1.165) is 0 Å². The number of carboxylic acids is 1. The number of carbonyl (C=O) groups excluding carboxylic acids is 1. The van der Waals surface area contributed by atoms with Crippen molar-refractivity contribution in [2.24, 2.45) is 5.92 Å². The van der Waals surface area contributed by atoms with Gasteiger partial charge in [-0.25, -0.2) is 13.6 Å². The van der Waals surface area contributed by atoms with E-state index in [1.807, 2.05) is 0 Å². The monoisotopic (exact) mass is 282 g/mol. The number of nitrogens with one attached hydrogen (secondary N) is 1. The molecular weight excluding hydrogens is 262 g/mol. The molecule has 0 aliphatic carbocycles. The number of alkyl halides is 2. The highest BCUT2D eigenvalue weighted by molar-refractivity contribution is 5.75. The fourth-order valence-corrected chi connectivity index (χ4v) is 1.28. The number of urea groups is 1. The fraction of sp³-hybridized carbons (Fsp3) is 0.818. The van der Waals surface area contributed by atoms with Crippen LogP contribution >= 0.6 is 0 Å². The van der Waals surface area contributed by atoms with Crippen molar-refractivity contribution in [2.45, 2.75) is 20.3 Å². The molecule has 0 aliphatic heterocycles. The number of ether oxygens (including phenoxy) is 1. The lowest BCUT2D eigenvalue weighted by Crippen LogP contribution is -2.44. The van der Waals surface area contributed by atoms with Gasteiger partial charge in [0.2, 0.25) is 0 Å². The zero-order valence-corrected chi connectivity index (χ0v) is 11.1. The highest BCUT2D eigenvalue weighted by atomic mass is 19.3. The molecule has 0 saturated heterocycles. The lowest BCUT2D eigenvalue weighted by molar-refractivity contribution is -0.141. The Balaban J connectivity index is 3.92. The summed E-state index contributed by atoms with van der Waals surface area (Å²) < 4.78 is 28.1. The Bertz CT molecular complexity index is 290. The van der Waals surface area contributed by atoms with E-state index in [0.29, 0.717) is 6.54 Å². The smallest absolute Gasteiger partial charge is 0.317 e. The molecule has 0 radical (unpaired) electrons. The number of carbonyl (C=O) groups is 2. The van der Waals surface area contributed by atoms with Gasteiger partial charge in [0.15, 0.2) is 0 Å². The maximum absolute atomic E-state index is 11.7. The molecule has 8 heteroatoms. The van der Waals surface area contributed by atoms with Crippen molar-refractivity contribution >= 4 is 12.0 Å². The van der Waals surface area contributed by atoms with Crippen LogP contribution in [0.15, 0.2) is 0 Å². The molecule has 6 nitrogen and oxygen atoms in total. The predicted molar refractivity (Wildman–Crippen MR) is 64.3 cm³/mol. The molecule has 1 atom stereocenters. The SMILES string of the molecule is CCN(CC(C)C(=O)O)C(=O)NCCOCC(F)F. The summed E-state index contributed by atoms with van der Waals surface area (Å²) in [6, 6.07) is -0.434. The molecule has 0 aromatic heterocycles. The van der Waals surface area contributed by atoms with E-state index in [9.17, 15) is 18.4 Å². The minimum Gasteiger partial charge on any atom is -0.481 e. The largest absolute Gasteiger partial charge is 0.481 e. The third-order valence-electron chi connectivity index (χ3n) is 2.35. The summed E-state index contributed by atoms with van der Waals surface area (Å²) in [6.45, 7) is 3.11. The minimum absolute atomic E-state index is 0.0118. The first-order chi connectivity index (χ1) is 8.88. The summed E-state index contributed by atoms with van der Waals surface area (Å²) >= 11 is 0. The van der Waals surface area contributed by atoms with Gasteiger partial charge < -0.3 is 20.1 Å². The van der Waals surface area contributed by atoms with Gasteiger partial charge in [-0.3, -0.25) is 4.79 Å². The molecule has 0 bridgehead atoms. The number of hydrogen-bond donors (Lipinski definition) is 2. The zero-order chi connectivity index (χ0) is 14.8. The quantitative estimate of drug-likeness (QED) is 0.619. The van der Waals surface area contributed by atoms with E-state index in [-0.39, 0.29) is 19.7 Å². The molecule has 112 valence electrons. The molecule has 2 amide bonds. The number of amides is 2. The van der Waals surface area contributed by atoms with Crippen LogP contribution in [0, 0.1) is 5.92 Å². The van der Waals surface area contributed by atoms with Crippen LogP contribution in [0.25, 0.3) is 0 Å². The van der Waals surface area contributed by atoms with Gasteiger partial charge in [0.25, 0.3) is 6.43 Å². The average molecular weight is 282 g/mol. The third-order valence-corrected chi connectivity index (χ3v) is 2.35. The number of nitrogens with zero attached hydrogens (tertiary/aromatic N) is 1. The van der Waals surface area contributed by atoms with Crippen molar-refractivity contribution in [1.82, 2.24) is 10.2 Å². The summed E-state index contributed by atoms with van der Waals surface area (Å²) in [7, 11) is 0. The number of hydrogen-bond acceptors (Lipinski definition) is 3. The lowest BCUT2D eigenvalue weighted by Gasteiger charge is -2.23. The highest BCUT2D eigenvalue weighted by Gasteiger charge is 2.18. The molecule has 0 aromatic rings. The number of aliphatic carboxylic acids is 1. The zero-order valence-electron chi connectivity index (χ0n) is 11.1. The maximum atomic E-state index is 11.7. The Labute approximate surface area is 110 Å². The van der Waals surface area contributed by atoms with Crippen LogP contribution in [0.1, 0.15) is 13.8 Å². The fourth-order valence-electron chi connectivity index (χ4n) is 1.28. The van der Waals surface area contributed by atoms with Crippen LogP contribution in [-0.2, 0) is 9.53 Å². The number of carboxylic acid groups (broad SMARTS) is 1. The van der Waals surface area contributed by atoms with Gasteiger partial charge >= 0.3 is 12.0 Å². The molecule has 0 aliphatic rings. The van der Waals surface area contributed by atoms with Crippen LogP contribution < -0.4 is 5.32 Å². The molecule has 0 spiro atoms. The summed E-state index contributed by atoms with van der Waals surface area (Å²) in [5.74, 6) is -1.65. The molecule has 0 fully saturated rings. The second-order valence-corrected chi connectivity index (χ2v) is 3.98. The Morgan fingerprint density at radius 3 is 2.53 bits per heavy atom. The van der Waals surface area contributed by atoms with Gasteiger partial charge in [0, 0.05) is 19.6 Å². The summed E-state index contributed by atoms with van der Waals surface area (Å²) in [5.41, 5.74) is 0. The molecule has 2 N–H and O–H groups in total. The number of rotatable bonds is 9. The lowest BCUT2D eigenvalue weighted by atomic mass is 10.2. The third kappa shape index (κ3) is 8.30. The first-order valence-electron chi connectivity index (χ1n) is 5.99. The molecule has 0 aromatic carbocycles. The normalized spacial score (nSPS) is 12.3.